The maximum Gasteiger partial charge on any atom is 0.0238 e. The summed E-state index contributed by atoms with van der Waals surface area (Å²) in [4.78, 5) is 0. The first kappa shape index (κ1) is 13.9. The Labute approximate surface area is 89.6 Å². The van der Waals surface area contributed by atoms with Gasteiger partial charge in [0, 0.05) is 6.04 Å². The molecule has 3 N–H and O–H groups in total. The fourth-order valence-corrected chi connectivity index (χ4v) is 2.10. The molecule has 0 radical (unpaired) electrons. The lowest BCUT2D eigenvalue weighted by molar-refractivity contribution is 0.285. The summed E-state index contributed by atoms with van der Waals surface area (Å²) >= 11 is 0. The standard InChI is InChI=1S/C12H28N2/c1-5-8-10(4)12(14-13)9-11(6-2)7-3/h10-12,14H,5-9,13H2,1-4H3. The normalized spacial score (nSPS) is 15.9. The second-order valence-corrected chi connectivity index (χ2v) is 4.46. The monoisotopic (exact) mass is 200 g/mol. The van der Waals surface area contributed by atoms with Crippen molar-refractivity contribution in [1.29, 1.82) is 0 Å². The second kappa shape index (κ2) is 8.25. The van der Waals surface area contributed by atoms with E-state index in [1.807, 2.05) is 0 Å². The van der Waals surface area contributed by atoms with Crippen LogP contribution in [0.3, 0.4) is 0 Å². The van der Waals surface area contributed by atoms with Crippen LogP contribution in [0.2, 0.25) is 0 Å². The molecule has 0 bridgehead atoms. The molecule has 2 heteroatoms. The summed E-state index contributed by atoms with van der Waals surface area (Å²) in [6, 6.07) is 0.500. The van der Waals surface area contributed by atoms with Crippen molar-refractivity contribution in [2.45, 2.75) is 65.8 Å². The lowest BCUT2D eigenvalue weighted by Crippen LogP contribution is -2.41. The SMILES string of the molecule is CCCC(C)C(CC(CC)CC)NN. The first-order chi connectivity index (χ1) is 6.69. The molecule has 86 valence electrons. The summed E-state index contributed by atoms with van der Waals surface area (Å²) in [6.07, 6.45) is 6.29. The largest absolute Gasteiger partial charge is 0.271 e. The predicted octanol–water partition coefficient (Wildman–Crippen LogP) is 3.08. The molecule has 0 aliphatic heterocycles. The molecular weight excluding hydrogens is 172 g/mol. The van der Waals surface area contributed by atoms with E-state index in [-0.39, 0.29) is 0 Å². The van der Waals surface area contributed by atoms with Crippen LogP contribution in [-0.4, -0.2) is 6.04 Å². The average molecular weight is 200 g/mol. The summed E-state index contributed by atoms with van der Waals surface area (Å²) in [6.45, 7) is 9.08. The van der Waals surface area contributed by atoms with E-state index < -0.39 is 0 Å². The zero-order chi connectivity index (χ0) is 11.0. The molecule has 0 aromatic rings. The zero-order valence-electron chi connectivity index (χ0n) is 10.3. The highest BCUT2D eigenvalue weighted by molar-refractivity contribution is 4.74. The minimum Gasteiger partial charge on any atom is -0.271 e. The van der Waals surface area contributed by atoms with E-state index >= 15 is 0 Å². The van der Waals surface area contributed by atoms with Gasteiger partial charge in [-0.3, -0.25) is 11.3 Å². The maximum atomic E-state index is 5.61. The Bertz CT molecular complexity index is 121. The van der Waals surface area contributed by atoms with Crippen molar-refractivity contribution in [3.8, 4) is 0 Å². The minimum atomic E-state index is 0.500. The van der Waals surface area contributed by atoms with Gasteiger partial charge in [0.1, 0.15) is 0 Å². The number of hydrogen-bond acceptors (Lipinski definition) is 2. The van der Waals surface area contributed by atoms with E-state index in [1.165, 1.54) is 32.1 Å². The number of nitrogens with two attached hydrogens (primary N) is 1. The fourth-order valence-electron chi connectivity index (χ4n) is 2.10. The molecule has 0 heterocycles. The summed E-state index contributed by atoms with van der Waals surface area (Å²) in [7, 11) is 0. The average Bonchev–Trinajstić information content (AvgIpc) is 2.20. The van der Waals surface area contributed by atoms with Crippen molar-refractivity contribution in [1.82, 2.24) is 5.43 Å². The van der Waals surface area contributed by atoms with Crippen LogP contribution in [0.5, 0.6) is 0 Å². The number of hydrazine groups is 1. The summed E-state index contributed by atoms with van der Waals surface area (Å²) in [5.41, 5.74) is 2.99. The molecule has 0 aromatic heterocycles. The Kier molecular flexibility index (Phi) is 8.20. The first-order valence-corrected chi connectivity index (χ1v) is 6.15. The van der Waals surface area contributed by atoms with Gasteiger partial charge in [-0.05, 0) is 24.7 Å². The van der Waals surface area contributed by atoms with Crippen molar-refractivity contribution in [2.24, 2.45) is 17.7 Å². The topological polar surface area (TPSA) is 38.0 Å². The molecular formula is C12H28N2. The van der Waals surface area contributed by atoms with E-state index in [1.54, 1.807) is 0 Å². The molecule has 0 saturated heterocycles. The smallest absolute Gasteiger partial charge is 0.0238 e. The highest BCUT2D eigenvalue weighted by atomic mass is 15.2. The molecule has 0 aromatic carbocycles. The van der Waals surface area contributed by atoms with Crippen LogP contribution >= 0.6 is 0 Å². The lowest BCUT2D eigenvalue weighted by atomic mass is 9.87. The van der Waals surface area contributed by atoms with E-state index in [9.17, 15) is 0 Å². The van der Waals surface area contributed by atoms with E-state index in [0.29, 0.717) is 12.0 Å². The fraction of sp³-hybridized carbons (Fsp3) is 1.00. The third-order valence-corrected chi connectivity index (χ3v) is 3.39. The van der Waals surface area contributed by atoms with Gasteiger partial charge in [-0.1, -0.05) is 47.0 Å². The van der Waals surface area contributed by atoms with Gasteiger partial charge >= 0.3 is 0 Å². The molecule has 0 aliphatic rings. The Morgan fingerprint density at radius 1 is 1.14 bits per heavy atom. The highest BCUT2D eigenvalue weighted by Gasteiger charge is 2.18. The molecule has 2 nitrogen and oxygen atoms in total. The minimum absolute atomic E-state index is 0.500. The van der Waals surface area contributed by atoms with Gasteiger partial charge in [0.05, 0.1) is 0 Å². The molecule has 0 saturated carbocycles. The molecule has 2 atom stereocenters. The molecule has 0 aliphatic carbocycles. The Hall–Kier alpha value is -0.0800. The van der Waals surface area contributed by atoms with Gasteiger partial charge in [-0.15, -0.1) is 0 Å². The molecule has 14 heavy (non-hydrogen) atoms. The van der Waals surface area contributed by atoms with Gasteiger partial charge in [-0.2, -0.15) is 0 Å². The molecule has 0 fully saturated rings. The van der Waals surface area contributed by atoms with Crippen LogP contribution in [0.4, 0.5) is 0 Å². The van der Waals surface area contributed by atoms with E-state index in [2.05, 4.69) is 33.1 Å². The summed E-state index contributed by atoms with van der Waals surface area (Å²) < 4.78 is 0. The predicted molar refractivity (Wildman–Crippen MR) is 63.9 cm³/mol. The molecule has 0 amide bonds. The molecule has 0 spiro atoms. The lowest BCUT2D eigenvalue weighted by Gasteiger charge is -2.26. The van der Waals surface area contributed by atoms with E-state index in [4.69, 9.17) is 5.84 Å². The Morgan fingerprint density at radius 3 is 2.07 bits per heavy atom. The van der Waals surface area contributed by atoms with Crippen molar-refractivity contribution < 1.29 is 0 Å². The van der Waals surface area contributed by atoms with E-state index in [0.717, 1.165) is 5.92 Å². The zero-order valence-corrected chi connectivity index (χ0v) is 10.3. The van der Waals surface area contributed by atoms with Crippen LogP contribution in [0.1, 0.15) is 59.8 Å². The van der Waals surface area contributed by atoms with Gasteiger partial charge < -0.3 is 0 Å². The van der Waals surface area contributed by atoms with Crippen molar-refractivity contribution in [3.05, 3.63) is 0 Å². The molecule has 0 rings (SSSR count). The molecule has 2 unspecified atom stereocenters. The highest BCUT2D eigenvalue weighted by Crippen LogP contribution is 2.21. The third kappa shape index (κ3) is 4.97. The number of nitrogens with one attached hydrogen (secondary N) is 1. The summed E-state index contributed by atoms with van der Waals surface area (Å²) in [5.74, 6) is 7.14. The number of rotatable bonds is 8. The van der Waals surface area contributed by atoms with Crippen LogP contribution in [0.25, 0.3) is 0 Å². The van der Waals surface area contributed by atoms with Crippen LogP contribution in [0, 0.1) is 11.8 Å². The Morgan fingerprint density at radius 2 is 1.71 bits per heavy atom. The Balaban J connectivity index is 3.98. The third-order valence-electron chi connectivity index (χ3n) is 3.39. The number of hydrogen-bond donors (Lipinski definition) is 2. The second-order valence-electron chi connectivity index (χ2n) is 4.46. The van der Waals surface area contributed by atoms with Gasteiger partial charge in [0.15, 0.2) is 0 Å². The maximum absolute atomic E-state index is 5.61. The van der Waals surface area contributed by atoms with Crippen molar-refractivity contribution >= 4 is 0 Å². The quantitative estimate of drug-likeness (QED) is 0.467. The van der Waals surface area contributed by atoms with Gasteiger partial charge in [0.25, 0.3) is 0 Å². The van der Waals surface area contributed by atoms with Crippen molar-refractivity contribution in [2.75, 3.05) is 0 Å². The first-order valence-electron chi connectivity index (χ1n) is 6.15. The van der Waals surface area contributed by atoms with Crippen molar-refractivity contribution in [3.63, 3.8) is 0 Å². The van der Waals surface area contributed by atoms with Gasteiger partial charge in [-0.25, -0.2) is 0 Å². The summed E-state index contributed by atoms with van der Waals surface area (Å²) in [5, 5.41) is 0. The van der Waals surface area contributed by atoms with Crippen LogP contribution in [-0.2, 0) is 0 Å². The van der Waals surface area contributed by atoms with Gasteiger partial charge in [0.2, 0.25) is 0 Å². The van der Waals surface area contributed by atoms with Crippen LogP contribution < -0.4 is 11.3 Å². The van der Waals surface area contributed by atoms with Crippen LogP contribution in [0.15, 0.2) is 0 Å².